The summed E-state index contributed by atoms with van der Waals surface area (Å²) in [6, 6.07) is 0. The summed E-state index contributed by atoms with van der Waals surface area (Å²) in [6.07, 6.45) is 3.69. The SMILES string of the molecule is C/C=C/C(=O)Nc1sc2c(c1C(N)=O)CCOC2. The van der Waals surface area contributed by atoms with Crippen molar-refractivity contribution in [1.29, 1.82) is 0 Å². The molecular weight excluding hydrogens is 252 g/mol. The van der Waals surface area contributed by atoms with Gasteiger partial charge in [0.15, 0.2) is 0 Å². The monoisotopic (exact) mass is 266 g/mol. The molecule has 0 radical (unpaired) electrons. The van der Waals surface area contributed by atoms with Crippen molar-refractivity contribution >= 4 is 28.2 Å². The molecule has 0 saturated carbocycles. The maximum absolute atomic E-state index is 11.5. The second-order valence-corrected chi connectivity index (χ2v) is 4.97. The lowest BCUT2D eigenvalue weighted by atomic mass is 10.1. The van der Waals surface area contributed by atoms with E-state index < -0.39 is 5.91 Å². The third-order valence-corrected chi connectivity index (χ3v) is 3.74. The molecule has 0 bridgehead atoms. The van der Waals surface area contributed by atoms with Gasteiger partial charge in [-0.05, 0) is 25.0 Å². The predicted octanol–water partition coefficient (Wildman–Crippen LogP) is 1.43. The normalized spacial score (nSPS) is 14.5. The Labute approximate surface area is 109 Å². The zero-order chi connectivity index (χ0) is 13.1. The Bertz CT molecular complexity index is 520. The summed E-state index contributed by atoms with van der Waals surface area (Å²) in [6.45, 7) is 2.80. The number of nitrogens with one attached hydrogen (secondary N) is 1. The summed E-state index contributed by atoms with van der Waals surface area (Å²) in [5.41, 5.74) is 6.73. The highest BCUT2D eigenvalue weighted by Crippen LogP contribution is 2.36. The van der Waals surface area contributed by atoms with Crippen LogP contribution < -0.4 is 11.1 Å². The quantitative estimate of drug-likeness (QED) is 0.812. The van der Waals surface area contributed by atoms with Gasteiger partial charge in [-0.1, -0.05) is 6.08 Å². The Hall–Kier alpha value is -1.66. The molecule has 18 heavy (non-hydrogen) atoms. The number of nitrogens with two attached hydrogens (primary N) is 1. The molecule has 0 unspecified atom stereocenters. The molecule has 1 aromatic heterocycles. The van der Waals surface area contributed by atoms with Crippen molar-refractivity contribution < 1.29 is 14.3 Å². The van der Waals surface area contributed by atoms with Crippen LogP contribution in [0.15, 0.2) is 12.2 Å². The molecule has 0 atom stereocenters. The van der Waals surface area contributed by atoms with Crippen molar-refractivity contribution in [2.24, 2.45) is 5.73 Å². The molecule has 6 heteroatoms. The number of primary amides is 1. The van der Waals surface area contributed by atoms with Crippen molar-refractivity contribution in [3.63, 3.8) is 0 Å². The molecule has 0 spiro atoms. The van der Waals surface area contributed by atoms with E-state index in [0.29, 0.717) is 30.2 Å². The van der Waals surface area contributed by atoms with E-state index >= 15 is 0 Å². The number of fused-ring (bicyclic) bond motifs is 1. The fourth-order valence-corrected chi connectivity index (χ4v) is 3.08. The lowest BCUT2D eigenvalue weighted by Gasteiger charge is -2.12. The largest absolute Gasteiger partial charge is 0.376 e. The molecule has 1 aliphatic rings. The molecular formula is C12H14N2O3S. The summed E-state index contributed by atoms with van der Waals surface area (Å²) in [5, 5.41) is 3.20. The number of hydrogen-bond acceptors (Lipinski definition) is 4. The van der Waals surface area contributed by atoms with Crippen LogP contribution in [0.5, 0.6) is 0 Å². The van der Waals surface area contributed by atoms with Crippen LogP contribution in [-0.2, 0) is 22.6 Å². The van der Waals surface area contributed by atoms with Crippen LogP contribution in [0.3, 0.4) is 0 Å². The molecule has 2 heterocycles. The molecule has 0 saturated heterocycles. The lowest BCUT2D eigenvalue weighted by molar-refractivity contribution is -0.111. The predicted molar refractivity (Wildman–Crippen MR) is 69.6 cm³/mol. The highest BCUT2D eigenvalue weighted by molar-refractivity contribution is 7.17. The van der Waals surface area contributed by atoms with Gasteiger partial charge in [0.25, 0.3) is 5.91 Å². The first-order valence-corrected chi connectivity index (χ1v) is 6.41. The molecule has 3 N–H and O–H groups in total. The topological polar surface area (TPSA) is 81.4 Å². The van der Waals surface area contributed by atoms with Gasteiger partial charge in [-0.15, -0.1) is 11.3 Å². The van der Waals surface area contributed by atoms with Crippen LogP contribution >= 0.6 is 11.3 Å². The number of hydrogen-bond donors (Lipinski definition) is 2. The number of ether oxygens (including phenoxy) is 1. The van der Waals surface area contributed by atoms with Gasteiger partial charge in [-0.25, -0.2) is 0 Å². The third-order valence-electron chi connectivity index (χ3n) is 2.62. The van der Waals surface area contributed by atoms with Crippen LogP contribution in [0.4, 0.5) is 5.00 Å². The number of anilines is 1. The van der Waals surface area contributed by atoms with Gasteiger partial charge in [-0.2, -0.15) is 0 Å². The fourth-order valence-electron chi connectivity index (χ4n) is 1.89. The van der Waals surface area contributed by atoms with Crippen molar-refractivity contribution in [3.8, 4) is 0 Å². The Morgan fingerprint density at radius 3 is 2.94 bits per heavy atom. The van der Waals surface area contributed by atoms with Crippen molar-refractivity contribution in [2.75, 3.05) is 11.9 Å². The molecule has 1 aromatic rings. The zero-order valence-electron chi connectivity index (χ0n) is 9.99. The number of allylic oxidation sites excluding steroid dienone is 1. The maximum atomic E-state index is 11.5. The van der Waals surface area contributed by atoms with E-state index in [4.69, 9.17) is 10.5 Å². The number of carbonyl (C=O) groups is 2. The summed E-state index contributed by atoms with van der Waals surface area (Å²) in [5.74, 6) is -0.773. The smallest absolute Gasteiger partial charge is 0.251 e. The zero-order valence-corrected chi connectivity index (χ0v) is 10.8. The van der Waals surface area contributed by atoms with Crippen LogP contribution in [0.1, 0.15) is 27.7 Å². The second-order valence-electron chi connectivity index (χ2n) is 3.86. The Morgan fingerprint density at radius 1 is 1.50 bits per heavy atom. The second kappa shape index (κ2) is 5.32. The molecule has 0 aromatic carbocycles. The van der Waals surface area contributed by atoms with Crippen LogP contribution in [-0.4, -0.2) is 18.4 Å². The van der Waals surface area contributed by atoms with E-state index in [0.717, 1.165) is 10.4 Å². The molecule has 0 aliphatic carbocycles. The van der Waals surface area contributed by atoms with E-state index in [1.807, 2.05) is 0 Å². The third kappa shape index (κ3) is 2.44. The van der Waals surface area contributed by atoms with E-state index in [9.17, 15) is 9.59 Å². The molecule has 0 fully saturated rings. The maximum Gasteiger partial charge on any atom is 0.251 e. The number of rotatable bonds is 3. The molecule has 2 amide bonds. The standard InChI is InChI=1S/C12H14N2O3S/c1-2-3-9(15)14-12-10(11(13)16)7-4-5-17-6-8(7)18-12/h2-3H,4-6H2,1H3,(H2,13,16)(H,14,15)/b3-2+. The minimum atomic E-state index is -0.509. The van der Waals surface area contributed by atoms with E-state index in [-0.39, 0.29) is 5.91 Å². The van der Waals surface area contributed by atoms with Crippen LogP contribution in [0, 0.1) is 0 Å². The first-order chi connectivity index (χ1) is 8.63. The molecule has 96 valence electrons. The minimum Gasteiger partial charge on any atom is -0.376 e. The first-order valence-electron chi connectivity index (χ1n) is 5.59. The van der Waals surface area contributed by atoms with Crippen molar-refractivity contribution in [2.45, 2.75) is 20.0 Å². The highest BCUT2D eigenvalue weighted by Gasteiger charge is 2.24. The summed E-state index contributed by atoms with van der Waals surface area (Å²) in [4.78, 5) is 24.0. The molecule has 5 nitrogen and oxygen atoms in total. The van der Waals surface area contributed by atoms with E-state index in [1.54, 1.807) is 13.0 Å². The van der Waals surface area contributed by atoms with E-state index in [2.05, 4.69) is 5.32 Å². The average molecular weight is 266 g/mol. The fraction of sp³-hybridized carbons (Fsp3) is 0.333. The first kappa shape index (κ1) is 12.8. The summed E-state index contributed by atoms with van der Waals surface area (Å²) >= 11 is 1.35. The van der Waals surface area contributed by atoms with Gasteiger partial charge in [-0.3, -0.25) is 9.59 Å². The number of thiophene rings is 1. The lowest BCUT2D eigenvalue weighted by Crippen LogP contribution is -2.18. The molecule has 1 aliphatic heterocycles. The van der Waals surface area contributed by atoms with Gasteiger partial charge in [0.1, 0.15) is 5.00 Å². The number of carbonyl (C=O) groups excluding carboxylic acids is 2. The van der Waals surface area contributed by atoms with Gasteiger partial charge >= 0.3 is 0 Å². The highest BCUT2D eigenvalue weighted by atomic mass is 32.1. The minimum absolute atomic E-state index is 0.264. The summed E-state index contributed by atoms with van der Waals surface area (Å²) < 4.78 is 5.33. The molecule has 2 rings (SSSR count). The Kier molecular flexibility index (Phi) is 3.78. The van der Waals surface area contributed by atoms with Gasteiger partial charge in [0, 0.05) is 4.88 Å². The average Bonchev–Trinajstić information content (AvgIpc) is 2.66. The summed E-state index contributed by atoms with van der Waals surface area (Å²) in [7, 11) is 0. The Balaban J connectivity index is 2.37. The van der Waals surface area contributed by atoms with Crippen LogP contribution in [0.25, 0.3) is 0 Å². The van der Waals surface area contributed by atoms with Crippen molar-refractivity contribution in [1.82, 2.24) is 0 Å². The van der Waals surface area contributed by atoms with E-state index in [1.165, 1.54) is 17.4 Å². The Morgan fingerprint density at radius 2 is 2.28 bits per heavy atom. The van der Waals surface area contributed by atoms with Gasteiger partial charge in [0.2, 0.25) is 5.91 Å². The van der Waals surface area contributed by atoms with Gasteiger partial charge in [0.05, 0.1) is 18.8 Å². The van der Waals surface area contributed by atoms with Gasteiger partial charge < -0.3 is 15.8 Å². The van der Waals surface area contributed by atoms with Crippen LogP contribution in [0.2, 0.25) is 0 Å². The van der Waals surface area contributed by atoms with Crippen molar-refractivity contribution in [3.05, 3.63) is 28.2 Å². The number of amides is 2.